The monoisotopic (exact) mass is 540 g/mol. The van der Waals surface area contributed by atoms with Gasteiger partial charge in [-0.3, -0.25) is 9.59 Å². The summed E-state index contributed by atoms with van der Waals surface area (Å²) in [6.45, 7) is 3.46. The van der Waals surface area contributed by atoms with Gasteiger partial charge in [-0.05, 0) is 84.5 Å². The van der Waals surface area contributed by atoms with E-state index in [9.17, 15) is 24.9 Å². The molecule has 0 amide bonds. The molecule has 6 heteroatoms. The number of ketones is 2. The Morgan fingerprint density at radius 2 is 1.76 bits per heavy atom. The van der Waals surface area contributed by atoms with Crippen LogP contribution >= 0.6 is 11.6 Å². The highest BCUT2D eigenvalue weighted by atomic mass is 35.5. The van der Waals surface area contributed by atoms with Gasteiger partial charge in [0.05, 0.1) is 6.10 Å². The Bertz CT molecular complexity index is 1210. The number of aliphatic hydroxyl groups is 3. The smallest absolute Gasteiger partial charge is 0.190 e. The number of fused-ring (bicyclic) bond motifs is 6. The van der Waals surface area contributed by atoms with E-state index in [0.29, 0.717) is 18.2 Å². The predicted molar refractivity (Wildman–Crippen MR) is 149 cm³/mol. The Kier molecular flexibility index (Phi) is 7.54. The first-order valence-corrected chi connectivity index (χ1v) is 14.7. The molecule has 0 saturated heterocycles. The van der Waals surface area contributed by atoms with E-state index in [-0.39, 0.29) is 41.5 Å². The molecule has 0 aliphatic heterocycles. The van der Waals surface area contributed by atoms with Crippen LogP contribution in [0.4, 0.5) is 0 Å². The molecule has 0 bridgehead atoms. The van der Waals surface area contributed by atoms with E-state index in [1.165, 1.54) is 16.3 Å². The quantitative estimate of drug-likeness (QED) is 0.451. The summed E-state index contributed by atoms with van der Waals surface area (Å²) in [5.41, 5.74) is -1.20. The van der Waals surface area contributed by atoms with Crippen molar-refractivity contribution in [3.8, 4) is 0 Å². The minimum atomic E-state index is -1.58. The molecule has 4 fully saturated rings. The first-order chi connectivity index (χ1) is 18.1. The summed E-state index contributed by atoms with van der Waals surface area (Å²) in [5.74, 6) is 0.964. The van der Waals surface area contributed by atoms with Crippen molar-refractivity contribution < 1.29 is 24.9 Å². The normalized spacial score (nSPS) is 39.9. The molecule has 0 unspecified atom stereocenters. The second-order valence-electron chi connectivity index (χ2n) is 12.8. The lowest BCUT2D eigenvalue weighted by molar-refractivity contribution is -0.180. The molecule has 0 heterocycles. The molecule has 0 aromatic heterocycles. The Hall–Kier alpha value is -1.79. The summed E-state index contributed by atoms with van der Waals surface area (Å²) in [7, 11) is 0. The average molecular weight is 541 g/mol. The third kappa shape index (κ3) is 4.25. The van der Waals surface area contributed by atoms with Gasteiger partial charge in [0.25, 0.3) is 0 Å². The summed E-state index contributed by atoms with van der Waals surface area (Å²) in [6, 6.07) is 14.5. The van der Waals surface area contributed by atoms with Crippen LogP contribution in [0.25, 0.3) is 10.8 Å². The van der Waals surface area contributed by atoms with Gasteiger partial charge in [-0.15, -0.1) is 11.6 Å². The molecule has 4 saturated carbocycles. The van der Waals surface area contributed by atoms with Crippen LogP contribution in [0.3, 0.4) is 0 Å². The van der Waals surface area contributed by atoms with Gasteiger partial charge in [0.2, 0.25) is 0 Å². The summed E-state index contributed by atoms with van der Waals surface area (Å²) in [6.07, 6.45) is 5.47. The van der Waals surface area contributed by atoms with Crippen LogP contribution in [0.1, 0.15) is 70.8 Å². The molecule has 8 atom stereocenters. The van der Waals surface area contributed by atoms with Crippen LogP contribution < -0.4 is 0 Å². The van der Waals surface area contributed by atoms with Crippen LogP contribution in [0, 0.1) is 34.5 Å². The maximum absolute atomic E-state index is 13.4. The summed E-state index contributed by atoms with van der Waals surface area (Å²) >= 11 is 5.81. The van der Waals surface area contributed by atoms with E-state index in [0.717, 1.165) is 38.5 Å². The standard InChI is InChI=1S/C21H32O5.C11H9Cl/c1-19-7-5-13(23)9-12(19)3-4-14-15-6-8-21(26,17(25)11-22)20(15,2)10-16(24)18(14)19;12-8-10-6-3-5-9-4-1-2-7-11(9)10/h12-15,18,22-23,26H,3-11H2,1-2H3;1-7H,8H2/t12-,13-,14+,15+,18-,19+,20+,21+;/m1./s1. The molecular formula is C32H41ClO5. The van der Waals surface area contributed by atoms with Gasteiger partial charge in [-0.2, -0.15) is 0 Å². The van der Waals surface area contributed by atoms with E-state index in [1.807, 2.05) is 25.1 Å². The number of carbonyl (C=O) groups excluding carboxylic acids is 2. The van der Waals surface area contributed by atoms with Gasteiger partial charge >= 0.3 is 0 Å². The second kappa shape index (κ2) is 10.3. The zero-order chi connectivity index (χ0) is 27.3. The Morgan fingerprint density at radius 1 is 1.03 bits per heavy atom. The van der Waals surface area contributed by atoms with Crippen LogP contribution in [-0.4, -0.2) is 45.2 Å². The van der Waals surface area contributed by atoms with E-state index >= 15 is 0 Å². The topological polar surface area (TPSA) is 94.8 Å². The summed E-state index contributed by atoms with van der Waals surface area (Å²) in [5, 5.41) is 33.1. The van der Waals surface area contributed by atoms with Gasteiger partial charge in [-0.1, -0.05) is 56.3 Å². The predicted octanol–water partition coefficient (Wildman–Crippen LogP) is 5.44. The fourth-order valence-electron chi connectivity index (χ4n) is 9.05. The lowest BCUT2D eigenvalue weighted by Crippen LogP contribution is -2.62. The molecule has 2 aromatic carbocycles. The summed E-state index contributed by atoms with van der Waals surface area (Å²) in [4.78, 5) is 25.7. The number of carbonyl (C=O) groups is 2. The van der Waals surface area contributed by atoms with Gasteiger partial charge in [0.15, 0.2) is 5.78 Å². The number of Topliss-reactive ketones (excluding diaryl/α,β-unsaturated/α-hetero) is 2. The molecule has 3 N–H and O–H groups in total. The van der Waals surface area contributed by atoms with Crippen molar-refractivity contribution in [2.75, 3.05) is 6.61 Å². The molecule has 6 rings (SSSR count). The maximum atomic E-state index is 13.4. The second-order valence-corrected chi connectivity index (χ2v) is 13.0. The van der Waals surface area contributed by atoms with Crippen LogP contribution in [0.2, 0.25) is 0 Å². The van der Waals surface area contributed by atoms with E-state index < -0.39 is 23.4 Å². The molecular weight excluding hydrogens is 500 g/mol. The minimum Gasteiger partial charge on any atom is -0.393 e. The van der Waals surface area contributed by atoms with Crippen molar-refractivity contribution in [2.45, 2.75) is 82.8 Å². The minimum absolute atomic E-state index is 0.0154. The number of rotatable bonds is 3. The third-order valence-corrected chi connectivity index (χ3v) is 11.4. The number of hydrogen-bond acceptors (Lipinski definition) is 5. The van der Waals surface area contributed by atoms with Crippen molar-refractivity contribution in [1.29, 1.82) is 0 Å². The van der Waals surface area contributed by atoms with E-state index in [2.05, 4.69) is 31.2 Å². The zero-order valence-electron chi connectivity index (χ0n) is 22.5. The molecule has 4 aliphatic rings. The van der Waals surface area contributed by atoms with Crippen LogP contribution in [0.5, 0.6) is 0 Å². The zero-order valence-corrected chi connectivity index (χ0v) is 23.3. The molecule has 206 valence electrons. The van der Waals surface area contributed by atoms with Crippen molar-refractivity contribution in [1.82, 2.24) is 0 Å². The van der Waals surface area contributed by atoms with Crippen LogP contribution in [0.15, 0.2) is 42.5 Å². The number of benzene rings is 2. The van der Waals surface area contributed by atoms with Crippen molar-refractivity contribution in [2.24, 2.45) is 34.5 Å². The van der Waals surface area contributed by atoms with Crippen molar-refractivity contribution in [3.63, 3.8) is 0 Å². The average Bonchev–Trinajstić information content (AvgIpc) is 3.19. The molecule has 0 spiro atoms. The fourth-order valence-corrected chi connectivity index (χ4v) is 9.29. The lowest BCUT2D eigenvalue weighted by atomic mass is 9.44. The highest BCUT2D eigenvalue weighted by Gasteiger charge is 2.68. The lowest BCUT2D eigenvalue weighted by Gasteiger charge is -2.60. The molecule has 4 aliphatic carbocycles. The SMILES string of the molecule is C[C@]12CC[C@@H](O)C[C@H]1CC[C@@H]1[C@@H]2C(=O)C[C@@]2(C)[C@H]1CC[C@]2(O)C(=O)CO.ClCc1cccc2ccccc12. The first kappa shape index (κ1) is 27.8. The Morgan fingerprint density at radius 3 is 2.50 bits per heavy atom. The molecule has 38 heavy (non-hydrogen) atoms. The van der Waals surface area contributed by atoms with Crippen molar-refractivity contribution >= 4 is 33.9 Å². The Labute approximate surface area is 230 Å². The van der Waals surface area contributed by atoms with Crippen molar-refractivity contribution in [3.05, 3.63) is 48.0 Å². The van der Waals surface area contributed by atoms with Gasteiger partial charge in [0.1, 0.15) is 18.0 Å². The van der Waals surface area contributed by atoms with Gasteiger partial charge in [-0.25, -0.2) is 0 Å². The third-order valence-electron chi connectivity index (χ3n) is 11.1. The molecule has 5 nitrogen and oxygen atoms in total. The summed E-state index contributed by atoms with van der Waals surface area (Å²) < 4.78 is 0. The molecule has 2 aromatic rings. The number of aliphatic hydroxyl groups excluding tert-OH is 2. The van der Waals surface area contributed by atoms with E-state index in [1.54, 1.807) is 0 Å². The highest BCUT2D eigenvalue weighted by molar-refractivity contribution is 6.18. The Balaban J connectivity index is 0.000000204. The largest absolute Gasteiger partial charge is 0.393 e. The van der Waals surface area contributed by atoms with E-state index in [4.69, 9.17) is 11.6 Å². The van der Waals surface area contributed by atoms with Gasteiger partial charge < -0.3 is 15.3 Å². The van der Waals surface area contributed by atoms with Gasteiger partial charge in [0, 0.05) is 23.6 Å². The number of hydrogen-bond donors (Lipinski definition) is 3. The molecule has 0 radical (unpaired) electrons. The highest BCUT2D eigenvalue weighted by Crippen LogP contribution is 2.67. The van der Waals surface area contributed by atoms with Crippen LogP contribution in [-0.2, 0) is 15.5 Å². The fraction of sp³-hybridized carbons (Fsp3) is 0.625. The number of halogens is 1. The first-order valence-electron chi connectivity index (χ1n) is 14.2. The number of alkyl halides is 1. The maximum Gasteiger partial charge on any atom is 0.190 e.